The van der Waals surface area contributed by atoms with E-state index in [1.54, 1.807) is 24.3 Å². The number of aliphatic hydroxyl groups excluding tert-OH is 1. The summed E-state index contributed by atoms with van der Waals surface area (Å²) in [6, 6.07) is 9.88. The fourth-order valence-electron chi connectivity index (χ4n) is 3.07. The summed E-state index contributed by atoms with van der Waals surface area (Å²) in [4.78, 5) is 27.5. The van der Waals surface area contributed by atoms with E-state index in [-0.39, 0.29) is 17.9 Å². The number of thiophene rings is 1. The number of aliphatic hydroxyl groups is 1. The van der Waals surface area contributed by atoms with Gasteiger partial charge in [0.05, 0.1) is 24.8 Å². The maximum Gasteiger partial charge on any atom is 0.295 e. The van der Waals surface area contributed by atoms with E-state index in [1.807, 2.05) is 24.4 Å². The van der Waals surface area contributed by atoms with Gasteiger partial charge in [-0.15, -0.1) is 11.3 Å². The second-order valence-corrected chi connectivity index (χ2v) is 6.94. The monoisotopic (exact) mass is 387 g/mol. The van der Waals surface area contributed by atoms with E-state index in [1.165, 1.54) is 23.3 Å². The Labute approximate surface area is 161 Å². The largest absolute Gasteiger partial charge is 0.507 e. The molecule has 1 fully saturated rings. The van der Waals surface area contributed by atoms with Gasteiger partial charge in [-0.2, -0.15) is 0 Å². The standard InChI is InChI=1S/C20H21NO5S/c1-3-26-14-8-6-13(7-9-14)18(22)16-17(15-5-4-12-27-15)21(10-11-25-2)20(24)19(16)23/h4-9,12,17,22H,3,10-11H2,1-2H3/b18-16-. The Bertz CT molecular complexity index is 842. The van der Waals surface area contributed by atoms with Crippen LogP contribution in [0.5, 0.6) is 5.75 Å². The van der Waals surface area contributed by atoms with E-state index >= 15 is 0 Å². The highest BCUT2D eigenvalue weighted by atomic mass is 32.1. The highest BCUT2D eigenvalue weighted by molar-refractivity contribution is 7.10. The molecule has 1 aromatic carbocycles. The smallest absolute Gasteiger partial charge is 0.295 e. The van der Waals surface area contributed by atoms with E-state index in [0.717, 1.165) is 4.88 Å². The van der Waals surface area contributed by atoms with Gasteiger partial charge < -0.3 is 19.5 Å². The minimum atomic E-state index is -0.684. The number of rotatable bonds is 7. The predicted octanol–water partition coefficient (Wildman–Crippen LogP) is 3.21. The van der Waals surface area contributed by atoms with Gasteiger partial charge in [0.2, 0.25) is 0 Å². The number of methoxy groups -OCH3 is 1. The van der Waals surface area contributed by atoms with Crippen molar-refractivity contribution in [2.24, 2.45) is 0 Å². The van der Waals surface area contributed by atoms with Crippen molar-refractivity contribution < 1.29 is 24.2 Å². The molecule has 27 heavy (non-hydrogen) atoms. The number of carbonyl (C=O) groups is 2. The lowest BCUT2D eigenvalue weighted by Crippen LogP contribution is -2.32. The Kier molecular flexibility index (Phi) is 5.93. The van der Waals surface area contributed by atoms with Crippen LogP contribution >= 0.6 is 11.3 Å². The molecule has 0 aliphatic carbocycles. The lowest BCUT2D eigenvalue weighted by molar-refractivity contribution is -0.140. The molecule has 0 bridgehead atoms. The van der Waals surface area contributed by atoms with Crippen LogP contribution in [-0.4, -0.2) is 48.6 Å². The Morgan fingerprint density at radius 1 is 1.22 bits per heavy atom. The molecule has 1 aromatic heterocycles. The van der Waals surface area contributed by atoms with Crippen molar-refractivity contribution in [1.29, 1.82) is 0 Å². The van der Waals surface area contributed by atoms with Crippen LogP contribution in [-0.2, 0) is 14.3 Å². The van der Waals surface area contributed by atoms with Crippen LogP contribution < -0.4 is 4.74 Å². The zero-order valence-electron chi connectivity index (χ0n) is 15.2. The number of nitrogens with zero attached hydrogens (tertiary/aromatic N) is 1. The van der Waals surface area contributed by atoms with E-state index in [4.69, 9.17) is 9.47 Å². The molecule has 0 saturated carbocycles. The van der Waals surface area contributed by atoms with Crippen LogP contribution in [0.4, 0.5) is 0 Å². The molecular formula is C20H21NO5S. The maximum absolute atomic E-state index is 12.7. The molecule has 7 heteroatoms. The lowest BCUT2D eigenvalue weighted by Gasteiger charge is -2.23. The molecule has 1 aliphatic rings. The molecular weight excluding hydrogens is 366 g/mol. The van der Waals surface area contributed by atoms with Gasteiger partial charge in [-0.3, -0.25) is 9.59 Å². The zero-order valence-corrected chi connectivity index (χ0v) is 16.0. The van der Waals surface area contributed by atoms with Gasteiger partial charge in [0.25, 0.3) is 11.7 Å². The Morgan fingerprint density at radius 2 is 1.96 bits per heavy atom. The second-order valence-electron chi connectivity index (χ2n) is 5.96. The van der Waals surface area contributed by atoms with Crippen molar-refractivity contribution in [2.75, 3.05) is 26.9 Å². The minimum Gasteiger partial charge on any atom is -0.507 e. The van der Waals surface area contributed by atoms with Gasteiger partial charge in [-0.1, -0.05) is 6.07 Å². The Morgan fingerprint density at radius 3 is 2.56 bits per heavy atom. The molecule has 1 saturated heterocycles. The number of likely N-dealkylation sites (tertiary alicyclic amines) is 1. The molecule has 1 unspecified atom stereocenters. The molecule has 1 aliphatic heterocycles. The summed E-state index contributed by atoms with van der Waals surface area (Å²) in [5.41, 5.74) is 0.562. The highest BCUT2D eigenvalue weighted by Gasteiger charge is 2.46. The average molecular weight is 387 g/mol. The number of benzene rings is 1. The van der Waals surface area contributed by atoms with E-state index in [9.17, 15) is 14.7 Å². The van der Waals surface area contributed by atoms with E-state index in [0.29, 0.717) is 24.5 Å². The van der Waals surface area contributed by atoms with E-state index in [2.05, 4.69) is 0 Å². The first-order chi connectivity index (χ1) is 13.1. The zero-order chi connectivity index (χ0) is 19.4. The van der Waals surface area contributed by atoms with Crippen LogP contribution in [0.3, 0.4) is 0 Å². The molecule has 1 atom stereocenters. The third-order valence-electron chi connectivity index (χ3n) is 4.33. The number of Topliss-reactive ketones (excluding diaryl/α,β-unsaturated/α-hetero) is 1. The van der Waals surface area contributed by atoms with E-state index < -0.39 is 17.7 Å². The molecule has 3 rings (SSSR count). The topological polar surface area (TPSA) is 76.1 Å². The van der Waals surface area contributed by atoms with Gasteiger partial charge in [0.1, 0.15) is 11.5 Å². The normalized spacial score (nSPS) is 18.9. The Hall–Kier alpha value is -2.64. The number of amides is 1. The number of hydrogen-bond acceptors (Lipinski definition) is 6. The number of hydrogen-bond donors (Lipinski definition) is 1. The summed E-state index contributed by atoms with van der Waals surface area (Å²) >= 11 is 1.43. The summed E-state index contributed by atoms with van der Waals surface area (Å²) in [6.07, 6.45) is 0. The first-order valence-electron chi connectivity index (χ1n) is 8.62. The summed E-state index contributed by atoms with van der Waals surface area (Å²) in [7, 11) is 1.54. The fraction of sp³-hybridized carbons (Fsp3) is 0.300. The second kappa shape index (κ2) is 8.37. The average Bonchev–Trinajstić information content (AvgIpc) is 3.28. The van der Waals surface area contributed by atoms with Crippen molar-refractivity contribution in [2.45, 2.75) is 13.0 Å². The van der Waals surface area contributed by atoms with Gasteiger partial charge in [0, 0.05) is 24.1 Å². The predicted molar refractivity (Wildman–Crippen MR) is 103 cm³/mol. The number of carbonyl (C=O) groups excluding carboxylic acids is 2. The molecule has 142 valence electrons. The molecule has 0 radical (unpaired) electrons. The van der Waals surface area contributed by atoms with Gasteiger partial charge in [-0.25, -0.2) is 0 Å². The SMILES string of the molecule is CCOc1ccc(/C(O)=C2/C(=O)C(=O)N(CCOC)C2c2cccs2)cc1. The van der Waals surface area contributed by atoms with Crippen molar-refractivity contribution >= 4 is 28.8 Å². The number of ether oxygens (including phenoxy) is 2. The van der Waals surface area contributed by atoms with Gasteiger partial charge in [0.15, 0.2) is 0 Å². The van der Waals surface area contributed by atoms with Crippen molar-refractivity contribution in [3.05, 3.63) is 57.8 Å². The highest BCUT2D eigenvalue weighted by Crippen LogP contribution is 2.40. The summed E-state index contributed by atoms with van der Waals surface area (Å²) in [6.45, 7) is 2.99. The van der Waals surface area contributed by atoms with Crippen molar-refractivity contribution in [3.63, 3.8) is 0 Å². The third kappa shape index (κ3) is 3.74. The fourth-order valence-corrected chi connectivity index (χ4v) is 3.92. The number of ketones is 1. The van der Waals surface area contributed by atoms with Crippen LogP contribution in [0, 0.1) is 0 Å². The summed E-state index contributed by atoms with van der Waals surface area (Å²) < 4.78 is 10.5. The first-order valence-corrected chi connectivity index (χ1v) is 9.50. The van der Waals surface area contributed by atoms with Gasteiger partial charge in [-0.05, 0) is 42.6 Å². The van der Waals surface area contributed by atoms with Crippen molar-refractivity contribution in [1.82, 2.24) is 4.90 Å². The van der Waals surface area contributed by atoms with Crippen LogP contribution in [0.1, 0.15) is 23.4 Å². The maximum atomic E-state index is 12.7. The summed E-state index contributed by atoms with van der Waals surface area (Å²) in [5.74, 6) is -0.826. The van der Waals surface area contributed by atoms with Gasteiger partial charge >= 0.3 is 0 Å². The van der Waals surface area contributed by atoms with Crippen LogP contribution in [0.15, 0.2) is 47.4 Å². The van der Waals surface area contributed by atoms with Crippen LogP contribution in [0.25, 0.3) is 5.76 Å². The van der Waals surface area contributed by atoms with Crippen molar-refractivity contribution in [3.8, 4) is 5.75 Å². The molecule has 1 N–H and O–H groups in total. The quantitative estimate of drug-likeness (QED) is 0.448. The molecule has 0 spiro atoms. The lowest BCUT2D eigenvalue weighted by atomic mass is 10.00. The first kappa shape index (κ1) is 19.1. The molecule has 2 aromatic rings. The summed E-state index contributed by atoms with van der Waals surface area (Å²) in [5, 5.41) is 12.7. The Balaban J connectivity index is 2.05. The molecule has 2 heterocycles. The molecule has 6 nitrogen and oxygen atoms in total. The molecule has 1 amide bonds. The minimum absolute atomic E-state index is 0.0997. The third-order valence-corrected chi connectivity index (χ3v) is 5.25. The van der Waals surface area contributed by atoms with Crippen LogP contribution in [0.2, 0.25) is 0 Å².